The molecule has 6 nitrogen and oxygen atoms in total. The molecule has 0 bridgehead atoms. The van der Waals surface area contributed by atoms with Crippen molar-refractivity contribution < 1.29 is 18.7 Å². The summed E-state index contributed by atoms with van der Waals surface area (Å²) in [6.45, 7) is 7.03. The number of hydrogen-bond acceptors (Lipinski definition) is 5. The average Bonchev–Trinajstić information content (AvgIpc) is 3.16. The van der Waals surface area contributed by atoms with Gasteiger partial charge in [-0.1, -0.05) is 6.07 Å². The standard InChI is InChI=1S/C22H24FN3O3/c1-13-8-15(5-7-19(13)25-10-16-12-28-22(2,3)29-16)24-11-18-17-6-4-14(23)9-20(17)26-21(18)27/h4-9,11,16,18,25H,10,12H2,1-3H3,(H,26,27). The number of amides is 1. The lowest BCUT2D eigenvalue weighted by molar-refractivity contribution is -0.136. The number of aryl methyl sites for hydroxylation is 1. The number of aliphatic imine (C=N–C) groups is 1. The Morgan fingerprint density at radius 3 is 2.86 bits per heavy atom. The molecule has 0 spiro atoms. The fourth-order valence-corrected chi connectivity index (χ4v) is 3.58. The fraction of sp³-hybridized carbons (Fsp3) is 0.364. The first-order valence-corrected chi connectivity index (χ1v) is 9.61. The first-order chi connectivity index (χ1) is 13.8. The van der Waals surface area contributed by atoms with E-state index in [1.54, 1.807) is 12.3 Å². The van der Waals surface area contributed by atoms with Crippen molar-refractivity contribution in [1.29, 1.82) is 0 Å². The SMILES string of the molecule is Cc1cc(N=CC2C(=O)Nc3cc(F)ccc32)ccc1NCC1COC(C)(C)O1. The Bertz CT molecular complexity index is 974. The van der Waals surface area contributed by atoms with Crippen LogP contribution in [0.3, 0.4) is 0 Å². The number of hydrogen-bond donors (Lipinski definition) is 2. The van der Waals surface area contributed by atoms with Crippen LogP contribution in [0.15, 0.2) is 41.4 Å². The minimum absolute atomic E-state index is 0.00730. The van der Waals surface area contributed by atoms with Crippen molar-refractivity contribution in [3.63, 3.8) is 0 Å². The summed E-state index contributed by atoms with van der Waals surface area (Å²) in [4.78, 5) is 16.7. The molecule has 2 unspecified atom stereocenters. The third kappa shape index (κ3) is 4.31. The molecule has 2 aromatic carbocycles. The number of benzene rings is 2. The van der Waals surface area contributed by atoms with E-state index in [0.717, 1.165) is 22.5 Å². The van der Waals surface area contributed by atoms with Gasteiger partial charge in [-0.3, -0.25) is 9.79 Å². The monoisotopic (exact) mass is 397 g/mol. The van der Waals surface area contributed by atoms with Crippen molar-refractivity contribution in [3.05, 3.63) is 53.3 Å². The molecular formula is C22H24FN3O3. The van der Waals surface area contributed by atoms with Gasteiger partial charge < -0.3 is 20.1 Å². The van der Waals surface area contributed by atoms with Gasteiger partial charge in [-0.25, -0.2) is 4.39 Å². The molecule has 0 aromatic heterocycles. The summed E-state index contributed by atoms with van der Waals surface area (Å²) in [6, 6.07) is 10.1. The Morgan fingerprint density at radius 1 is 1.31 bits per heavy atom. The second kappa shape index (κ2) is 7.57. The minimum Gasteiger partial charge on any atom is -0.382 e. The molecule has 2 heterocycles. The normalized spacial score (nSPS) is 22.7. The summed E-state index contributed by atoms with van der Waals surface area (Å²) in [6.07, 6.45) is 1.61. The van der Waals surface area contributed by atoms with Gasteiger partial charge in [0, 0.05) is 24.1 Å². The summed E-state index contributed by atoms with van der Waals surface area (Å²) in [5, 5.41) is 6.08. The van der Waals surface area contributed by atoms with Crippen LogP contribution in [0.2, 0.25) is 0 Å². The van der Waals surface area contributed by atoms with Gasteiger partial charge in [0.1, 0.15) is 17.8 Å². The van der Waals surface area contributed by atoms with E-state index in [9.17, 15) is 9.18 Å². The van der Waals surface area contributed by atoms with Crippen LogP contribution in [0.5, 0.6) is 0 Å². The number of fused-ring (bicyclic) bond motifs is 1. The summed E-state index contributed by atoms with van der Waals surface area (Å²) in [5.41, 5.74) is 4.02. The predicted octanol–water partition coefficient (Wildman–Crippen LogP) is 4.14. The summed E-state index contributed by atoms with van der Waals surface area (Å²) in [7, 11) is 0. The van der Waals surface area contributed by atoms with E-state index in [1.807, 2.05) is 39.0 Å². The number of carbonyl (C=O) groups is 1. The van der Waals surface area contributed by atoms with E-state index in [0.29, 0.717) is 18.8 Å². The molecule has 2 aliphatic heterocycles. The molecule has 1 fully saturated rings. The molecule has 1 amide bonds. The first-order valence-electron chi connectivity index (χ1n) is 9.61. The van der Waals surface area contributed by atoms with E-state index < -0.39 is 11.7 Å². The number of carbonyl (C=O) groups excluding carboxylic acids is 1. The molecule has 0 saturated carbocycles. The van der Waals surface area contributed by atoms with Gasteiger partial charge >= 0.3 is 0 Å². The van der Waals surface area contributed by atoms with Crippen molar-refractivity contribution in [2.24, 2.45) is 4.99 Å². The lowest BCUT2D eigenvalue weighted by Crippen LogP contribution is -2.26. The smallest absolute Gasteiger partial charge is 0.237 e. The van der Waals surface area contributed by atoms with Crippen molar-refractivity contribution >= 4 is 29.2 Å². The highest BCUT2D eigenvalue weighted by Gasteiger charge is 2.32. The predicted molar refractivity (Wildman–Crippen MR) is 110 cm³/mol. The second-order valence-corrected chi connectivity index (χ2v) is 7.81. The number of ether oxygens (including phenoxy) is 2. The van der Waals surface area contributed by atoms with E-state index in [4.69, 9.17) is 9.47 Å². The maximum Gasteiger partial charge on any atom is 0.237 e. The number of halogens is 1. The molecule has 2 aliphatic rings. The van der Waals surface area contributed by atoms with Crippen LogP contribution in [-0.2, 0) is 14.3 Å². The number of nitrogens with zero attached hydrogens (tertiary/aromatic N) is 1. The van der Waals surface area contributed by atoms with Crippen LogP contribution in [0.25, 0.3) is 0 Å². The Balaban J connectivity index is 1.42. The van der Waals surface area contributed by atoms with Gasteiger partial charge in [-0.15, -0.1) is 0 Å². The van der Waals surface area contributed by atoms with E-state index >= 15 is 0 Å². The largest absolute Gasteiger partial charge is 0.382 e. The minimum atomic E-state index is -0.531. The molecule has 7 heteroatoms. The maximum atomic E-state index is 13.3. The summed E-state index contributed by atoms with van der Waals surface area (Å²) >= 11 is 0. The molecule has 2 N–H and O–H groups in total. The van der Waals surface area contributed by atoms with Gasteiger partial charge in [-0.05, 0) is 62.2 Å². The molecule has 2 atom stereocenters. The summed E-state index contributed by atoms with van der Waals surface area (Å²) in [5.74, 6) is -1.63. The zero-order valence-electron chi connectivity index (χ0n) is 16.7. The average molecular weight is 397 g/mol. The number of anilines is 2. The van der Waals surface area contributed by atoms with Crippen LogP contribution in [-0.4, -0.2) is 37.2 Å². The molecule has 152 valence electrons. The van der Waals surface area contributed by atoms with Crippen LogP contribution < -0.4 is 10.6 Å². The Hall–Kier alpha value is -2.77. The van der Waals surface area contributed by atoms with Crippen LogP contribution >= 0.6 is 0 Å². The zero-order chi connectivity index (χ0) is 20.6. The Labute approximate surface area is 169 Å². The molecule has 1 saturated heterocycles. The van der Waals surface area contributed by atoms with Gasteiger partial charge in [0.15, 0.2) is 5.79 Å². The topological polar surface area (TPSA) is 72.0 Å². The molecular weight excluding hydrogens is 373 g/mol. The molecule has 2 aromatic rings. The van der Waals surface area contributed by atoms with Gasteiger partial charge in [0.2, 0.25) is 5.91 Å². The van der Waals surface area contributed by atoms with Crippen LogP contribution in [0, 0.1) is 12.7 Å². The summed E-state index contributed by atoms with van der Waals surface area (Å²) < 4.78 is 24.7. The zero-order valence-corrected chi connectivity index (χ0v) is 16.7. The molecule has 0 aliphatic carbocycles. The lowest BCUT2D eigenvalue weighted by atomic mass is 10.0. The highest BCUT2D eigenvalue weighted by atomic mass is 19.1. The molecule has 0 radical (unpaired) electrons. The van der Waals surface area contributed by atoms with Gasteiger partial charge in [0.05, 0.1) is 12.3 Å². The highest BCUT2D eigenvalue weighted by molar-refractivity contribution is 6.12. The van der Waals surface area contributed by atoms with E-state index in [2.05, 4.69) is 15.6 Å². The van der Waals surface area contributed by atoms with Crippen molar-refractivity contribution in [3.8, 4) is 0 Å². The Kier molecular flexibility index (Phi) is 5.10. The highest BCUT2D eigenvalue weighted by Crippen LogP contribution is 2.32. The van der Waals surface area contributed by atoms with Crippen LogP contribution in [0.4, 0.5) is 21.5 Å². The number of rotatable bonds is 5. The van der Waals surface area contributed by atoms with Crippen molar-refractivity contribution in [2.45, 2.75) is 38.6 Å². The third-order valence-electron chi connectivity index (χ3n) is 5.06. The van der Waals surface area contributed by atoms with Crippen LogP contribution in [0.1, 0.15) is 30.9 Å². The maximum absolute atomic E-state index is 13.3. The van der Waals surface area contributed by atoms with Gasteiger partial charge in [0.25, 0.3) is 0 Å². The van der Waals surface area contributed by atoms with Crippen molar-refractivity contribution in [2.75, 3.05) is 23.8 Å². The lowest BCUT2D eigenvalue weighted by Gasteiger charge is -2.18. The second-order valence-electron chi connectivity index (χ2n) is 7.81. The van der Waals surface area contributed by atoms with Crippen molar-refractivity contribution in [1.82, 2.24) is 0 Å². The molecule has 4 rings (SSSR count). The number of nitrogens with one attached hydrogen (secondary N) is 2. The third-order valence-corrected chi connectivity index (χ3v) is 5.06. The Morgan fingerprint density at radius 2 is 2.14 bits per heavy atom. The quantitative estimate of drug-likeness (QED) is 0.744. The van der Waals surface area contributed by atoms with E-state index in [-0.39, 0.29) is 17.8 Å². The van der Waals surface area contributed by atoms with Gasteiger partial charge in [-0.2, -0.15) is 0 Å². The first kappa shape index (κ1) is 19.5. The van der Waals surface area contributed by atoms with E-state index in [1.165, 1.54) is 12.1 Å². The fourth-order valence-electron chi connectivity index (χ4n) is 3.58. The molecule has 29 heavy (non-hydrogen) atoms.